The number of hydrogen-bond acceptors (Lipinski definition) is 5. The quantitative estimate of drug-likeness (QED) is 0.291. The fourth-order valence-corrected chi connectivity index (χ4v) is 6.08. The number of amides is 1. The van der Waals surface area contributed by atoms with E-state index in [4.69, 9.17) is 11.6 Å². The molecule has 0 bridgehead atoms. The molecule has 2 aliphatic heterocycles. The number of carbonyl (C=O) groups is 1. The van der Waals surface area contributed by atoms with E-state index in [1.54, 1.807) is 34.9 Å². The fraction of sp³-hybridized carbons (Fsp3) is 0.333. The number of carbonyl (C=O) groups excluding carboxylic acids is 1. The molecule has 2 aromatic heterocycles. The summed E-state index contributed by atoms with van der Waals surface area (Å²) in [6, 6.07) is 17.9. The molecule has 1 amide bonds. The predicted octanol–water partition coefficient (Wildman–Crippen LogP) is 5.95. The van der Waals surface area contributed by atoms with Crippen LogP contribution in [0.5, 0.6) is 5.75 Å². The molecule has 4 aromatic rings. The summed E-state index contributed by atoms with van der Waals surface area (Å²) >= 11 is 6.16. The number of fused-ring (bicyclic) bond motifs is 2. The molecule has 0 aliphatic carbocycles. The number of anilines is 2. The molecule has 1 N–H and O–H groups in total. The van der Waals surface area contributed by atoms with Crippen LogP contribution >= 0.6 is 11.6 Å². The second kappa shape index (κ2) is 10.8. The van der Waals surface area contributed by atoms with Crippen LogP contribution in [-0.4, -0.2) is 47.8 Å². The number of nitrogens with zero attached hydrogens (tertiary/aromatic N) is 4. The molecule has 41 heavy (non-hydrogen) atoms. The molecule has 7 nitrogen and oxygen atoms in total. The fourth-order valence-electron chi connectivity index (χ4n) is 5.92. The lowest BCUT2D eigenvalue weighted by Crippen LogP contribution is -2.28. The van der Waals surface area contributed by atoms with Gasteiger partial charge in [0, 0.05) is 62.1 Å². The molecule has 0 saturated carbocycles. The highest BCUT2D eigenvalue weighted by molar-refractivity contribution is 6.30. The molecular formula is C30H29ClF3N5O2. The van der Waals surface area contributed by atoms with Gasteiger partial charge in [0.1, 0.15) is 17.1 Å². The van der Waals surface area contributed by atoms with E-state index >= 15 is 0 Å². The first-order chi connectivity index (χ1) is 19.7. The summed E-state index contributed by atoms with van der Waals surface area (Å²) in [5.41, 5.74) is 4.96. The summed E-state index contributed by atoms with van der Waals surface area (Å²) in [4.78, 5) is 22.3. The van der Waals surface area contributed by atoms with Gasteiger partial charge in [-0.2, -0.15) is 0 Å². The third-order valence-corrected chi connectivity index (χ3v) is 8.10. The lowest BCUT2D eigenvalue weighted by atomic mass is 10.0. The van der Waals surface area contributed by atoms with Gasteiger partial charge in [0.25, 0.3) is 5.91 Å². The molecule has 2 fully saturated rings. The van der Waals surface area contributed by atoms with Crippen molar-refractivity contribution in [2.75, 3.05) is 36.0 Å². The second-order valence-corrected chi connectivity index (χ2v) is 11.0. The number of nitrogens with one attached hydrogen (secondary N) is 1. The van der Waals surface area contributed by atoms with Crippen molar-refractivity contribution in [1.29, 1.82) is 0 Å². The number of pyridine rings is 1. The van der Waals surface area contributed by atoms with Crippen molar-refractivity contribution >= 4 is 34.5 Å². The van der Waals surface area contributed by atoms with Crippen molar-refractivity contribution in [3.8, 4) is 5.75 Å². The largest absolute Gasteiger partial charge is 0.573 e. The molecule has 11 heteroatoms. The van der Waals surface area contributed by atoms with Gasteiger partial charge in [0.05, 0.1) is 10.7 Å². The number of alkyl halides is 3. The third kappa shape index (κ3) is 5.79. The Bertz CT molecular complexity index is 1540. The Morgan fingerprint density at radius 2 is 1.54 bits per heavy atom. The average Bonchev–Trinajstić information content (AvgIpc) is 3.63. The van der Waals surface area contributed by atoms with Crippen LogP contribution in [0, 0.1) is 11.8 Å². The molecular weight excluding hydrogens is 555 g/mol. The molecule has 214 valence electrons. The third-order valence-electron chi connectivity index (χ3n) is 7.88. The molecule has 2 aliphatic rings. The summed E-state index contributed by atoms with van der Waals surface area (Å²) in [5.74, 6) is 0.555. The van der Waals surface area contributed by atoms with Crippen LogP contribution in [0.1, 0.15) is 28.7 Å². The van der Waals surface area contributed by atoms with E-state index in [2.05, 4.69) is 37.0 Å². The standard InChI is InChI=1S/C30H29ClF3N5O2/c1-2-26-28(39-18-22(31)5-12-27(39)36-26)29(40)35-13-19-3-6-23(7-4-19)37-14-20-16-38(17-21(20)15-37)24-8-10-25(11-9-24)41-30(32,33)34/h3-12,18,20-21H,2,13-17H2,1H3,(H,35,40). The Morgan fingerprint density at radius 1 is 0.951 bits per heavy atom. The highest BCUT2D eigenvalue weighted by Crippen LogP contribution is 2.37. The van der Waals surface area contributed by atoms with Crippen molar-refractivity contribution < 1.29 is 22.7 Å². The Morgan fingerprint density at radius 3 is 2.10 bits per heavy atom. The van der Waals surface area contributed by atoms with Gasteiger partial charge in [-0.05, 0) is 60.5 Å². The Kier molecular flexibility index (Phi) is 7.19. The second-order valence-electron chi connectivity index (χ2n) is 10.6. The Labute approximate surface area is 240 Å². The number of ether oxygens (including phenoxy) is 1. The van der Waals surface area contributed by atoms with Crippen molar-refractivity contribution in [3.05, 3.63) is 88.8 Å². The molecule has 2 saturated heterocycles. The van der Waals surface area contributed by atoms with E-state index in [1.807, 2.05) is 19.1 Å². The number of aromatic nitrogens is 2. The van der Waals surface area contributed by atoms with E-state index in [9.17, 15) is 18.0 Å². The maximum Gasteiger partial charge on any atom is 0.573 e. The number of halogens is 4. The van der Waals surface area contributed by atoms with E-state index in [0.717, 1.165) is 48.8 Å². The highest BCUT2D eigenvalue weighted by Gasteiger charge is 2.40. The Balaban J connectivity index is 1.03. The topological polar surface area (TPSA) is 62.1 Å². The number of benzene rings is 2. The zero-order valence-electron chi connectivity index (χ0n) is 22.4. The first-order valence-corrected chi connectivity index (χ1v) is 13.9. The maximum atomic E-state index is 13.1. The zero-order valence-corrected chi connectivity index (χ0v) is 23.1. The molecule has 6 rings (SSSR count). The van der Waals surface area contributed by atoms with E-state index in [-0.39, 0.29) is 11.7 Å². The number of hydrogen-bond donors (Lipinski definition) is 1. The monoisotopic (exact) mass is 583 g/mol. The predicted molar refractivity (Wildman–Crippen MR) is 152 cm³/mol. The van der Waals surface area contributed by atoms with Crippen LogP contribution in [-0.2, 0) is 13.0 Å². The lowest BCUT2D eigenvalue weighted by molar-refractivity contribution is -0.274. The molecule has 0 spiro atoms. The first kappa shape index (κ1) is 27.3. The molecule has 2 unspecified atom stereocenters. The van der Waals surface area contributed by atoms with Crippen LogP contribution in [0.3, 0.4) is 0 Å². The average molecular weight is 584 g/mol. The van der Waals surface area contributed by atoms with Crippen molar-refractivity contribution in [3.63, 3.8) is 0 Å². The molecule has 2 atom stereocenters. The van der Waals surface area contributed by atoms with Crippen LogP contribution in [0.15, 0.2) is 66.9 Å². The highest BCUT2D eigenvalue weighted by atomic mass is 35.5. The van der Waals surface area contributed by atoms with Gasteiger partial charge in [0.15, 0.2) is 0 Å². The van der Waals surface area contributed by atoms with E-state index in [0.29, 0.717) is 41.2 Å². The molecule has 0 radical (unpaired) electrons. The maximum absolute atomic E-state index is 13.1. The SMILES string of the molecule is CCc1nc2ccc(Cl)cn2c1C(=O)NCc1ccc(N2CC3CN(c4ccc(OC(F)(F)F)cc4)CC3C2)cc1. The number of rotatable bonds is 7. The summed E-state index contributed by atoms with van der Waals surface area (Å²) < 4.78 is 43.1. The van der Waals surface area contributed by atoms with E-state index in [1.165, 1.54) is 12.1 Å². The summed E-state index contributed by atoms with van der Waals surface area (Å²) in [6.07, 6.45) is -2.35. The minimum absolute atomic E-state index is 0.194. The normalized spacial score (nSPS) is 18.7. The van der Waals surface area contributed by atoms with Crippen LogP contribution in [0.4, 0.5) is 24.5 Å². The van der Waals surface area contributed by atoms with Gasteiger partial charge in [-0.15, -0.1) is 13.2 Å². The lowest BCUT2D eigenvalue weighted by Gasteiger charge is -2.25. The van der Waals surface area contributed by atoms with Crippen molar-refractivity contribution in [2.45, 2.75) is 26.3 Å². The summed E-state index contributed by atoms with van der Waals surface area (Å²) in [6.45, 7) is 5.92. The van der Waals surface area contributed by atoms with Crippen molar-refractivity contribution in [1.82, 2.24) is 14.7 Å². The molecule has 2 aromatic carbocycles. The van der Waals surface area contributed by atoms with Gasteiger partial charge < -0.3 is 19.9 Å². The minimum Gasteiger partial charge on any atom is -0.406 e. The number of aryl methyl sites for hydroxylation is 1. The number of imidazole rings is 1. The van der Waals surface area contributed by atoms with Gasteiger partial charge in [-0.3, -0.25) is 9.20 Å². The smallest absolute Gasteiger partial charge is 0.406 e. The van der Waals surface area contributed by atoms with Crippen LogP contribution in [0.2, 0.25) is 5.02 Å². The minimum atomic E-state index is -4.69. The summed E-state index contributed by atoms with van der Waals surface area (Å²) in [5, 5.41) is 3.56. The van der Waals surface area contributed by atoms with Crippen LogP contribution < -0.4 is 19.9 Å². The van der Waals surface area contributed by atoms with Gasteiger partial charge >= 0.3 is 6.36 Å². The Hall–Kier alpha value is -3.92. The van der Waals surface area contributed by atoms with Crippen LogP contribution in [0.25, 0.3) is 5.65 Å². The van der Waals surface area contributed by atoms with E-state index < -0.39 is 6.36 Å². The first-order valence-electron chi connectivity index (χ1n) is 13.6. The van der Waals surface area contributed by atoms with Gasteiger partial charge in [0.2, 0.25) is 0 Å². The van der Waals surface area contributed by atoms with Gasteiger partial charge in [-0.25, -0.2) is 4.98 Å². The summed E-state index contributed by atoms with van der Waals surface area (Å²) in [7, 11) is 0. The van der Waals surface area contributed by atoms with Crippen molar-refractivity contribution in [2.24, 2.45) is 11.8 Å². The van der Waals surface area contributed by atoms with Gasteiger partial charge in [-0.1, -0.05) is 30.7 Å². The zero-order chi connectivity index (χ0) is 28.7. The molecule has 4 heterocycles.